The van der Waals surface area contributed by atoms with Crippen LogP contribution in [0.2, 0.25) is 0 Å². The van der Waals surface area contributed by atoms with Crippen molar-refractivity contribution >= 4 is 17.4 Å². The highest BCUT2D eigenvalue weighted by Crippen LogP contribution is 2.16. The minimum atomic E-state index is -0.215. The third-order valence-corrected chi connectivity index (χ3v) is 2.78. The van der Waals surface area contributed by atoms with Gasteiger partial charge in [-0.15, -0.1) is 0 Å². The third kappa shape index (κ3) is 5.93. The zero-order valence-electron chi connectivity index (χ0n) is 12.8. The Hall–Kier alpha value is -1.75. The van der Waals surface area contributed by atoms with E-state index in [-0.39, 0.29) is 12.1 Å². The number of anilines is 2. The maximum atomic E-state index is 11.8. The molecule has 112 valence electrons. The molecule has 0 aliphatic heterocycles. The lowest BCUT2D eigenvalue weighted by molar-refractivity contribution is 0.0682. The van der Waals surface area contributed by atoms with Crippen molar-refractivity contribution < 1.29 is 9.53 Å². The van der Waals surface area contributed by atoms with Crippen LogP contribution >= 0.6 is 0 Å². The molecule has 0 fully saturated rings. The first-order valence-electron chi connectivity index (χ1n) is 6.96. The number of benzene rings is 1. The Kier molecular flexibility index (Phi) is 6.87. The van der Waals surface area contributed by atoms with Crippen LogP contribution in [0, 0.1) is 0 Å². The Labute approximate surface area is 121 Å². The minimum Gasteiger partial charge on any atom is -0.378 e. The van der Waals surface area contributed by atoms with Crippen molar-refractivity contribution in [2.75, 3.05) is 37.5 Å². The summed E-state index contributed by atoms with van der Waals surface area (Å²) < 4.78 is 5.49. The number of hydrogen-bond donors (Lipinski definition) is 2. The molecule has 20 heavy (non-hydrogen) atoms. The maximum absolute atomic E-state index is 11.8. The van der Waals surface area contributed by atoms with Gasteiger partial charge in [-0.1, -0.05) is 13.0 Å². The van der Waals surface area contributed by atoms with Crippen molar-refractivity contribution in [3.8, 4) is 0 Å². The van der Waals surface area contributed by atoms with Gasteiger partial charge in [0, 0.05) is 38.6 Å². The summed E-state index contributed by atoms with van der Waals surface area (Å²) >= 11 is 0. The van der Waals surface area contributed by atoms with Gasteiger partial charge in [0.05, 0.1) is 6.10 Å². The van der Waals surface area contributed by atoms with Crippen LogP contribution in [-0.4, -0.2) is 39.4 Å². The molecule has 0 aromatic heterocycles. The lowest BCUT2D eigenvalue weighted by Gasteiger charge is -2.16. The van der Waals surface area contributed by atoms with Crippen molar-refractivity contribution in [1.82, 2.24) is 5.32 Å². The van der Waals surface area contributed by atoms with Crippen molar-refractivity contribution in [2.45, 2.75) is 26.4 Å². The number of nitrogens with zero attached hydrogens (tertiary/aromatic N) is 1. The van der Waals surface area contributed by atoms with E-state index in [1.54, 1.807) is 0 Å². The van der Waals surface area contributed by atoms with Gasteiger partial charge in [0.1, 0.15) is 0 Å². The first-order valence-corrected chi connectivity index (χ1v) is 6.96. The number of urea groups is 1. The fourth-order valence-corrected chi connectivity index (χ4v) is 1.65. The van der Waals surface area contributed by atoms with Gasteiger partial charge in [-0.2, -0.15) is 0 Å². The summed E-state index contributed by atoms with van der Waals surface area (Å²) in [6.45, 7) is 5.22. The van der Waals surface area contributed by atoms with E-state index in [0.717, 1.165) is 24.4 Å². The average Bonchev–Trinajstić information content (AvgIpc) is 2.43. The van der Waals surface area contributed by atoms with E-state index in [1.165, 1.54) is 0 Å². The molecule has 0 spiro atoms. The van der Waals surface area contributed by atoms with Gasteiger partial charge in [-0.3, -0.25) is 0 Å². The largest absolute Gasteiger partial charge is 0.378 e. The molecule has 5 heteroatoms. The predicted octanol–water partition coefficient (Wildman–Crippen LogP) is 2.69. The summed E-state index contributed by atoms with van der Waals surface area (Å²) in [5.41, 5.74) is 1.82. The summed E-state index contributed by atoms with van der Waals surface area (Å²) in [5, 5.41) is 5.62. The Morgan fingerprint density at radius 3 is 2.80 bits per heavy atom. The molecule has 1 aromatic rings. The molecule has 1 atom stereocenters. The Bertz CT molecular complexity index is 421. The Morgan fingerprint density at radius 2 is 2.15 bits per heavy atom. The van der Waals surface area contributed by atoms with Crippen molar-refractivity contribution in [2.24, 2.45) is 0 Å². The first kappa shape index (κ1) is 16.3. The quantitative estimate of drug-likeness (QED) is 0.807. The lowest BCUT2D eigenvalue weighted by Crippen LogP contribution is -2.35. The summed E-state index contributed by atoms with van der Waals surface area (Å²) in [6, 6.07) is 7.48. The van der Waals surface area contributed by atoms with Crippen LogP contribution in [0.4, 0.5) is 16.2 Å². The monoisotopic (exact) mass is 279 g/mol. The van der Waals surface area contributed by atoms with Gasteiger partial charge in [0.2, 0.25) is 0 Å². The van der Waals surface area contributed by atoms with Crippen LogP contribution in [0.3, 0.4) is 0 Å². The molecule has 2 N–H and O–H groups in total. The second-order valence-electron chi connectivity index (χ2n) is 4.96. The summed E-state index contributed by atoms with van der Waals surface area (Å²) in [5.74, 6) is 0. The molecule has 0 aliphatic rings. The highest BCUT2D eigenvalue weighted by Gasteiger charge is 2.06. The van der Waals surface area contributed by atoms with E-state index in [4.69, 9.17) is 4.74 Å². The van der Waals surface area contributed by atoms with E-state index >= 15 is 0 Å². The van der Waals surface area contributed by atoms with Crippen LogP contribution in [0.5, 0.6) is 0 Å². The second-order valence-corrected chi connectivity index (χ2v) is 4.96. The molecular formula is C15H25N3O2. The maximum Gasteiger partial charge on any atom is 0.319 e. The molecule has 5 nitrogen and oxygen atoms in total. The molecule has 2 amide bonds. The molecule has 0 saturated carbocycles. The molecule has 0 radical (unpaired) electrons. The van der Waals surface area contributed by atoms with Crippen LogP contribution in [0.25, 0.3) is 0 Å². The molecule has 0 aliphatic carbocycles. The number of amides is 2. The van der Waals surface area contributed by atoms with Gasteiger partial charge in [0.25, 0.3) is 0 Å². The Morgan fingerprint density at radius 1 is 1.40 bits per heavy atom. The van der Waals surface area contributed by atoms with E-state index in [0.29, 0.717) is 6.54 Å². The van der Waals surface area contributed by atoms with E-state index < -0.39 is 0 Å². The predicted molar refractivity (Wildman–Crippen MR) is 83.5 cm³/mol. The highest BCUT2D eigenvalue weighted by atomic mass is 16.5. The van der Waals surface area contributed by atoms with Gasteiger partial charge < -0.3 is 20.3 Å². The second kappa shape index (κ2) is 8.43. The average molecular weight is 279 g/mol. The van der Waals surface area contributed by atoms with E-state index in [2.05, 4.69) is 17.6 Å². The van der Waals surface area contributed by atoms with E-state index in [1.807, 2.05) is 50.2 Å². The van der Waals surface area contributed by atoms with Crippen LogP contribution in [0.1, 0.15) is 20.3 Å². The molecule has 0 bridgehead atoms. The number of rotatable bonds is 7. The number of carbonyl (C=O) groups is 1. The summed E-state index contributed by atoms with van der Waals surface area (Å²) in [4.78, 5) is 13.8. The highest BCUT2D eigenvalue weighted by molar-refractivity contribution is 5.89. The minimum absolute atomic E-state index is 0.0220. The normalized spacial score (nSPS) is 11.8. The molecule has 1 rings (SSSR count). The zero-order valence-corrected chi connectivity index (χ0v) is 12.8. The number of nitrogens with one attached hydrogen (secondary N) is 2. The number of hydrogen-bond acceptors (Lipinski definition) is 3. The SMILES string of the molecule is CCCO[C@H](C)CNC(=O)Nc1cccc(N(C)C)c1. The van der Waals surface area contributed by atoms with Crippen molar-refractivity contribution in [1.29, 1.82) is 0 Å². The summed E-state index contributed by atoms with van der Waals surface area (Å²) in [6.07, 6.45) is 1.00. The van der Waals surface area contributed by atoms with Gasteiger partial charge in [-0.05, 0) is 31.5 Å². The van der Waals surface area contributed by atoms with Crippen LogP contribution < -0.4 is 15.5 Å². The molecule has 0 heterocycles. The fourth-order valence-electron chi connectivity index (χ4n) is 1.65. The molecule has 0 saturated heterocycles. The van der Waals surface area contributed by atoms with Crippen molar-refractivity contribution in [3.05, 3.63) is 24.3 Å². The van der Waals surface area contributed by atoms with Crippen molar-refractivity contribution in [3.63, 3.8) is 0 Å². The smallest absolute Gasteiger partial charge is 0.319 e. The van der Waals surface area contributed by atoms with Crippen LogP contribution in [-0.2, 0) is 4.74 Å². The summed E-state index contributed by atoms with van der Waals surface area (Å²) in [7, 11) is 3.93. The van der Waals surface area contributed by atoms with Crippen LogP contribution in [0.15, 0.2) is 24.3 Å². The standard InChI is InChI=1S/C15H25N3O2/c1-5-9-20-12(2)11-16-15(19)17-13-7-6-8-14(10-13)18(3)4/h6-8,10,12H,5,9,11H2,1-4H3,(H2,16,17,19)/t12-/m1/s1. The number of ether oxygens (including phenoxy) is 1. The molecular weight excluding hydrogens is 254 g/mol. The number of carbonyl (C=O) groups excluding carboxylic acids is 1. The Balaban J connectivity index is 2.40. The first-order chi connectivity index (χ1) is 9.52. The van der Waals surface area contributed by atoms with E-state index in [9.17, 15) is 4.79 Å². The van der Waals surface area contributed by atoms with Gasteiger partial charge in [-0.25, -0.2) is 4.79 Å². The molecule has 1 aromatic carbocycles. The lowest BCUT2D eigenvalue weighted by atomic mass is 10.2. The van der Waals surface area contributed by atoms with Gasteiger partial charge >= 0.3 is 6.03 Å². The topological polar surface area (TPSA) is 53.6 Å². The third-order valence-electron chi connectivity index (χ3n) is 2.78. The fraction of sp³-hybridized carbons (Fsp3) is 0.533. The van der Waals surface area contributed by atoms with Gasteiger partial charge in [0.15, 0.2) is 0 Å². The zero-order chi connectivity index (χ0) is 15.0. The molecule has 0 unspecified atom stereocenters.